The maximum atomic E-state index is 12.3. The van der Waals surface area contributed by atoms with Crippen molar-refractivity contribution in [2.24, 2.45) is 0 Å². The molecule has 3 aliphatic rings. The Balaban J connectivity index is 1.71. The van der Waals surface area contributed by atoms with Gasteiger partial charge in [0.15, 0.2) is 18.4 Å². The topological polar surface area (TPSA) is 329 Å². The molecule has 3 rings (SSSR count). The molecule has 0 radical (unpaired) electrons. The maximum absolute atomic E-state index is 12.3. The monoisotopic (exact) mass is 645 g/mol. The van der Waals surface area contributed by atoms with E-state index < -0.39 is 136 Å². The van der Waals surface area contributed by atoms with Crippen LogP contribution in [0.5, 0.6) is 0 Å². The van der Waals surface area contributed by atoms with Gasteiger partial charge < -0.3 is 90.6 Å². The molecule has 2 fully saturated rings. The van der Waals surface area contributed by atoms with Crippen molar-refractivity contribution >= 4 is 5.78 Å². The fraction of sp³-hybridized carbons (Fsp3) is 0.880. The third-order valence-corrected chi connectivity index (χ3v) is 7.94. The van der Waals surface area contributed by atoms with Gasteiger partial charge in [-0.3, -0.25) is 4.79 Å². The van der Waals surface area contributed by atoms with E-state index in [1.165, 1.54) is 13.0 Å². The lowest BCUT2D eigenvalue weighted by Crippen LogP contribution is -2.68. The summed E-state index contributed by atoms with van der Waals surface area (Å²) < 4.78 is 21.9. The van der Waals surface area contributed by atoms with E-state index in [-0.39, 0.29) is 5.57 Å². The quantitative estimate of drug-likeness (QED) is 0.0826. The zero-order valence-corrected chi connectivity index (χ0v) is 23.6. The minimum absolute atomic E-state index is 0.00855. The van der Waals surface area contributed by atoms with Gasteiger partial charge in [-0.05, 0) is 12.5 Å². The van der Waals surface area contributed by atoms with Crippen molar-refractivity contribution in [3.63, 3.8) is 0 Å². The Morgan fingerprint density at radius 1 is 0.864 bits per heavy atom. The number of aliphatic hydroxyl groups excluding tert-OH is 13. The summed E-state index contributed by atoms with van der Waals surface area (Å²) in [5.41, 5.74) is 0.00855. The highest BCUT2D eigenvalue weighted by Gasteiger charge is 2.52. The van der Waals surface area contributed by atoms with E-state index in [2.05, 4.69) is 5.32 Å². The van der Waals surface area contributed by atoms with Crippen molar-refractivity contribution in [1.82, 2.24) is 5.32 Å². The maximum Gasteiger partial charge on any atom is 0.195 e. The van der Waals surface area contributed by atoms with Crippen LogP contribution in [0.25, 0.3) is 0 Å². The number of hydrogen-bond acceptors (Lipinski definition) is 19. The van der Waals surface area contributed by atoms with Crippen LogP contribution in [0.1, 0.15) is 6.92 Å². The first-order valence-corrected chi connectivity index (χ1v) is 13.9. The van der Waals surface area contributed by atoms with Gasteiger partial charge >= 0.3 is 0 Å². The minimum Gasteiger partial charge on any atom is -0.394 e. The Kier molecular flexibility index (Phi) is 13.5. The standard InChI is InChI=1S/C25H43NO18/c1-7-13(26-9-2-8(3-27)14(33)18(37)15(9)34)17(36)20(39)24(41-7)44-23-12(6-30)42-25(21(40)19(23)38)43-22(11(32)5-29)16(35)10(31)4-28/h2,7,9-15,17-34,36-40H,3-6H2,1H3. The van der Waals surface area contributed by atoms with E-state index in [0.29, 0.717) is 0 Å². The normalized spacial score (nSPS) is 43.6. The lowest BCUT2D eigenvalue weighted by atomic mass is 9.86. The van der Waals surface area contributed by atoms with Crippen LogP contribution in [-0.4, -0.2) is 203 Å². The van der Waals surface area contributed by atoms with Crippen LogP contribution >= 0.6 is 0 Å². The molecule has 2 heterocycles. The molecule has 0 aromatic rings. The van der Waals surface area contributed by atoms with Crippen molar-refractivity contribution in [1.29, 1.82) is 0 Å². The highest BCUT2D eigenvalue weighted by molar-refractivity contribution is 5.87. The first-order valence-electron chi connectivity index (χ1n) is 13.9. The molecule has 2 aliphatic heterocycles. The summed E-state index contributed by atoms with van der Waals surface area (Å²) >= 11 is 0. The van der Waals surface area contributed by atoms with Gasteiger partial charge in [-0.2, -0.15) is 0 Å². The minimum atomic E-state index is -2.05. The highest BCUT2D eigenvalue weighted by Crippen LogP contribution is 2.31. The van der Waals surface area contributed by atoms with Gasteiger partial charge in [0.2, 0.25) is 0 Å². The summed E-state index contributed by atoms with van der Waals surface area (Å²) in [6.07, 6.45) is -24.9. The molecule has 256 valence electrons. The number of hydrogen-bond donors (Lipinski definition) is 14. The Labute approximate surface area is 250 Å². The number of rotatable bonds is 13. The fourth-order valence-corrected chi connectivity index (χ4v) is 5.29. The summed E-state index contributed by atoms with van der Waals surface area (Å²) in [4.78, 5) is 12.3. The molecule has 0 aromatic carbocycles. The number of Topliss-reactive ketones (excluding diaryl/α,β-unsaturated/α-hetero) is 1. The second kappa shape index (κ2) is 16.0. The molecule has 0 amide bonds. The third-order valence-electron chi connectivity index (χ3n) is 7.94. The van der Waals surface area contributed by atoms with Crippen LogP contribution in [0.2, 0.25) is 0 Å². The molecular weight excluding hydrogens is 602 g/mol. The number of carbonyl (C=O) groups excluding carboxylic acids is 1. The zero-order chi connectivity index (χ0) is 33.0. The average Bonchev–Trinajstić information content (AvgIpc) is 3.02. The lowest BCUT2D eigenvalue weighted by molar-refractivity contribution is -0.356. The van der Waals surface area contributed by atoms with E-state index in [0.717, 1.165) is 0 Å². The van der Waals surface area contributed by atoms with Crippen LogP contribution in [0.4, 0.5) is 0 Å². The number of ether oxygens (including phenoxy) is 4. The molecule has 19 heteroatoms. The molecular formula is C25H43NO18. The molecule has 17 unspecified atom stereocenters. The second-order valence-electron chi connectivity index (χ2n) is 10.9. The summed E-state index contributed by atoms with van der Waals surface area (Å²) in [5.74, 6) is -1.28. The number of aliphatic hydroxyl groups is 13. The molecule has 0 saturated carbocycles. The molecule has 14 N–H and O–H groups in total. The van der Waals surface area contributed by atoms with Gasteiger partial charge in [0, 0.05) is 0 Å². The Morgan fingerprint density at radius 2 is 1.50 bits per heavy atom. The van der Waals surface area contributed by atoms with Crippen molar-refractivity contribution in [2.75, 3.05) is 26.4 Å². The molecule has 19 nitrogen and oxygen atoms in total. The SMILES string of the molecule is CC1OC(OC2C(CO)OC(OC(C(=O)C(O)CO)C(O)CO)C(O)C2O)C(O)C(O)C1NC1C=C(CO)C(O)C(O)C1O. The van der Waals surface area contributed by atoms with Gasteiger partial charge in [0.25, 0.3) is 0 Å². The Hall–Kier alpha value is -1.31. The Morgan fingerprint density at radius 3 is 2.07 bits per heavy atom. The summed E-state index contributed by atoms with van der Waals surface area (Å²) in [6.45, 7) is -2.17. The van der Waals surface area contributed by atoms with Crippen LogP contribution in [-0.2, 0) is 23.7 Å². The van der Waals surface area contributed by atoms with Crippen LogP contribution in [0, 0.1) is 0 Å². The van der Waals surface area contributed by atoms with Gasteiger partial charge in [-0.15, -0.1) is 0 Å². The van der Waals surface area contributed by atoms with Crippen molar-refractivity contribution in [3.8, 4) is 0 Å². The average molecular weight is 646 g/mol. The number of carbonyl (C=O) groups is 1. The molecule has 17 atom stereocenters. The van der Waals surface area contributed by atoms with Gasteiger partial charge in [-0.1, -0.05) is 6.08 Å². The number of nitrogens with one attached hydrogen (secondary N) is 1. The van der Waals surface area contributed by atoms with E-state index in [4.69, 9.17) is 24.1 Å². The zero-order valence-electron chi connectivity index (χ0n) is 23.6. The van der Waals surface area contributed by atoms with Crippen molar-refractivity contribution < 1.29 is 90.1 Å². The predicted octanol–water partition coefficient (Wildman–Crippen LogP) is -8.72. The molecule has 1 aliphatic carbocycles. The molecule has 0 aromatic heterocycles. The highest BCUT2D eigenvalue weighted by atomic mass is 16.7. The first-order chi connectivity index (χ1) is 20.7. The van der Waals surface area contributed by atoms with Gasteiger partial charge in [0.1, 0.15) is 73.2 Å². The first kappa shape index (κ1) is 37.2. The summed E-state index contributed by atoms with van der Waals surface area (Å²) in [6, 6.07) is -2.21. The third kappa shape index (κ3) is 7.79. The van der Waals surface area contributed by atoms with Crippen molar-refractivity contribution in [2.45, 2.75) is 111 Å². The van der Waals surface area contributed by atoms with Gasteiger partial charge in [0.05, 0.1) is 44.6 Å². The largest absolute Gasteiger partial charge is 0.394 e. The molecule has 2 saturated heterocycles. The van der Waals surface area contributed by atoms with E-state index >= 15 is 0 Å². The molecule has 0 bridgehead atoms. The van der Waals surface area contributed by atoms with E-state index in [1.54, 1.807) is 0 Å². The molecule has 0 spiro atoms. The summed E-state index contributed by atoms with van der Waals surface area (Å²) in [5, 5.41) is 134. The molecule has 44 heavy (non-hydrogen) atoms. The van der Waals surface area contributed by atoms with E-state index in [1.807, 2.05) is 0 Å². The van der Waals surface area contributed by atoms with E-state index in [9.17, 15) is 66.1 Å². The van der Waals surface area contributed by atoms with Crippen LogP contribution in [0.3, 0.4) is 0 Å². The lowest BCUT2D eigenvalue weighted by Gasteiger charge is -2.48. The fourth-order valence-electron chi connectivity index (χ4n) is 5.29. The van der Waals surface area contributed by atoms with Gasteiger partial charge in [-0.25, -0.2) is 0 Å². The van der Waals surface area contributed by atoms with Crippen LogP contribution in [0.15, 0.2) is 11.6 Å². The number of ketones is 1. The Bertz CT molecular complexity index is 956. The second-order valence-corrected chi connectivity index (χ2v) is 10.9. The summed E-state index contributed by atoms with van der Waals surface area (Å²) in [7, 11) is 0. The predicted molar refractivity (Wildman–Crippen MR) is 139 cm³/mol. The smallest absolute Gasteiger partial charge is 0.195 e. The van der Waals surface area contributed by atoms with Crippen LogP contribution < -0.4 is 5.32 Å². The van der Waals surface area contributed by atoms with Crippen molar-refractivity contribution in [3.05, 3.63) is 11.6 Å².